The van der Waals surface area contributed by atoms with Crippen LogP contribution in [-0.2, 0) is 0 Å². The predicted molar refractivity (Wildman–Crippen MR) is 76.6 cm³/mol. The van der Waals surface area contributed by atoms with Gasteiger partial charge in [0.15, 0.2) is 0 Å². The Kier molecular flexibility index (Phi) is 4.38. The molecule has 0 amide bonds. The lowest BCUT2D eigenvalue weighted by Crippen LogP contribution is -2.53. The zero-order valence-electron chi connectivity index (χ0n) is 12.5. The van der Waals surface area contributed by atoms with E-state index < -0.39 is 5.60 Å². The molecular formula is C16H31NO. The van der Waals surface area contributed by atoms with Crippen molar-refractivity contribution in [3.63, 3.8) is 0 Å². The average molecular weight is 253 g/mol. The molecule has 106 valence electrons. The molecule has 2 nitrogen and oxygen atoms in total. The fraction of sp³-hybridized carbons (Fsp3) is 1.00. The van der Waals surface area contributed by atoms with Gasteiger partial charge in [0.05, 0.1) is 5.60 Å². The summed E-state index contributed by atoms with van der Waals surface area (Å²) in [5.74, 6) is 0.781. The number of rotatable bonds is 1. The van der Waals surface area contributed by atoms with Crippen molar-refractivity contribution in [2.75, 3.05) is 6.54 Å². The summed E-state index contributed by atoms with van der Waals surface area (Å²) in [4.78, 5) is 0. The minimum atomic E-state index is -0.425. The predicted octanol–water partition coefficient (Wildman–Crippen LogP) is 3.49. The molecule has 1 saturated heterocycles. The maximum absolute atomic E-state index is 10.9. The van der Waals surface area contributed by atoms with Gasteiger partial charge in [-0.15, -0.1) is 0 Å². The molecule has 1 heterocycles. The van der Waals surface area contributed by atoms with Crippen LogP contribution in [0.4, 0.5) is 0 Å². The largest absolute Gasteiger partial charge is 0.388 e. The summed E-state index contributed by atoms with van der Waals surface area (Å²) in [6, 6.07) is 0.348. The first-order chi connectivity index (χ1) is 8.42. The van der Waals surface area contributed by atoms with Crippen LogP contribution in [0.15, 0.2) is 0 Å². The van der Waals surface area contributed by atoms with E-state index in [1.807, 2.05) is 0 Å². The van der Waals surface area contributed by atoms with Crippen LogP contribution in [0, 0.1) is 11.3 Å². The van der Waals surface area contributed by atoms with Crippen LogP contribution in [0.1, 0.15) is 72.1 Å². The van der Waals surface area contributed by atoms with E-state index >= 15 is 0 Å². The molecule has 18 heavy (non-hydrogen) atoms. The van der Waals surface area contributed by atoms with Crippen LogP contribution in [0.2, 0.25) is 0 Å². The maximum atomic E-state index is 10.9. The van der Waals surface area contributed by atoms with Gasteiger partial charge in [0.25, 0.3) is 0 Å². The summed E-state index contributed by atoms with van der Waals surface area (Å²) in [5, 5.41) is 14.5. The first-order valence-electron chi connectivity index (χ1n) is 7.88. The Labute approximate surface area is 113 Å². The molecule has 2 rings (SSSR count). The smallest absolute Gasteiger partial charge is 0.0800 e. The first kappa shape index (κ1) is 14.3. The van der Waals surface area contributed by atoms with E-state index in [1.54, 1.807) is 0 Å². The van der Waals surface area contributed by atoms with Crippen molar-refractivity contribution in [1.82, 2.24) is 5.32 Å². The van der Waals surface area contributed by atoms with Crippen LogP contribution >= 0.6 is 0 Å². The molecule has 0 bridgehead atoms. The molecule has 2 aliphatic rings. The molecule has 1 aliphatic carbocycles. The second-order valence-corrected chi connectivity index (χ2v) is 7.60. The van der Waals surface area contributed by atoms with Gasteiger partial charge in [-0.25, -0.2) is 0 Å². The third-order valence-corrected chi connectivity index (χ3v) is 5.29. The van der Waals surface area contributed by atoms with Crippen LogP contribution in [0.25, 0.3) is 0 Å². The fourth-order valence-corrected chi connectivity index (χ4v) is 3.82. The molecule has 2 N–H and O–H groups in total. The Morgan fingerprint density at radius 3 is 2.28 bits per heavy atom. The Bertz CT molecular complexity index is 253. The number of nitrogens with one attached hydrogen (secondary N) is 1. The van der Waals surface area contributed by atoms with Crippen LogP contribution < -0.4 is 5.32 Å². The second kappa shape index (κ2) is 5.50. The van der Waals surface area contributed by atoms with Gasteiger partial charge in [-0.3, -0.25) is 0 Å². The van der Waals surface area contributed by atoms with E-state index in [2.05, 4.69) is 26.1 Å². The van der Waals surface area contributed by atoms with Gasteiger partial charge in [-0.1, -0.05) is 33.6 Å². The standard InChI is InChI=1S/C16H31NO/c1-15(2,3)13-8-10-16(18,11-9-13)14-7-5-4-6-12-17-14/h13-14,17-18H,4-12H2,1-3H3. The molecule has 0 aromatic carbocycles. The quantitative estimate of drug-likeness (QED) is 0.750. The van der Waals surface area contributed by atoms with Crippen molar-refractivity contribution >= 4 is 0 Å². The first-order valence-corrected chi connectivity index (χ1v) is 7.88. The Balaban J connectivity index is 1.93. The average Bonchev–Trinajstić information content (AvgIpc) is 2.57. The lowest BCUT2D eigenvalue weighted by molar-refractivity contribution is -0.0541. The van der Waals surface area contributed by atoms with Crippen LogP contribution in [0.5, 0.6) is 0 Å². The van der Waals surface area contributed by atoms with Gasteiger partial charge in [-0.2, -0.15) is 0 Å². The fourth-order valence-electron chi connectivity index (χ4n) is 3.82. The minimum absolute atomic E-state index is 0.348. The van der Waals surface area contributed by atoms with Gasteiger partial charge in [0.2, 0.25) is 0 Å². The third-order valence-electron chi connectivity index (χ3n) is 5.29. The van der Waals surface area contributed by atoms with Crippen molar-refractivity contribution in [2.45, 2.75) is 83.8 Å². The highest BCUT2D eigenvalue weighted by Gasteiger charge is 2.42. The Morgan fingerprint density at radius 2 is 1.67 bits per heavy atom. The molecule has 2 heteroatoms. The third kappa shape index (κ3) is 3.27. The highest BCUT2D eigenvalue weighted by molar-refractivity contribution is 4.97. The monoisotopic (exact) mass is 253 g/mol. The molecule has 1 unspecified atom stereocenters. The molecule has 0 spiro atoms. The summed E-state index contributed by atoms with van der Waals surface area (Å²) in [6.45, 7) is 8.11. The van der Waals surface area contributed by atoms with Gasteiger partial charge in [0.1, 0.15) is 0 Å². The second-order valence-electron chi connectivity index (χ2n) is 7.60. The SMILES string of the molecule is CC(C)(C)C1CCC(O)(C2CCCCCN2)CC1. The lowest BCUT2D eigenvalue weighted by Gasteiger charge is -2.45. The number of hydrogen-bond acceptors (Lipinski definition) is 2. The molecule has 0 radical (unpaired) electrons. The maximum Gasteiger partial charge on any atom is 0.0800 e. The Hall–Kier alpha value is -0.0800. The Morgan fingerprint density at radius 1 is 1.00 bits per heavy atom. The van der Waals surface area contributed by atoms with Crippen molar-refractivity contribution in [1.29, 1.82) is 0 Å². The van der Waals surface area contributed by atoms with Gasteiger partial charge >= 0.3 is 0 Å². The molecule has 2 fully saturated rings. The lowest BCUT2D eigenvalue weighted by atomic mass is 9.66. The molecular weight excluding hydrogens is 222 g/mol. The van der Waals surface area contributed by atoms with Crippen molar-refractivity contribution < 1.29 is 5.11 Å². The molecule has 1 saturated carbocycles. The van der Waals surface area contributed by atoms with Gasteiger partial charge in [-0.05, 0) is 56.4 Å². The van der Waals surface area contributed by atoms with Gasteiger partial charge in [0, 0.05) is 6.04 Å². The molecule has 0 aromatic rings. The molecule has 0 aromatic heterocycles. The normalized spacial score (nSPS) is 39.3. The van der Waals surface area contributed by atoms with Crippen LogP contribution in [-0.4, -0.2) is 23.3 Å². The number of hydrogen-bond donors (Lipinski definition) is 2. The summed E-state index contributed by atoms with van der Waals surface area (Å²) >= 11 is 0. The van der Waals surface area contributed by atoms with Crippen molar-refractivity contribution in [2.24, 2.45) is 11.3 Å². The van der Waals surface area contributed by atoms with E-state index in [0.717, 1.165) is 31.7 Å². The number of aliphatic hydroxyl groups is 1. The van der Waals surface area contributed by atoms with Crippen molar-refractivity contribution in [3.05, 3.63) is 0 Å². The summed E-state index contributed by atoms with van der Waals surface area (Å²) < 4.78 is 0. The van der Waals surface area contributed by atoms with E-state index in [4.69, 9.17) is 0 Å². The summed E-state index contributed by atoms with van der Waals surface area (Å²) in [7, 11) is 0. The van der Waals surface area contributed by atoms with Crippen LogP contribution in [0.3, 0.4) is 0 Å². The highest BCUT2D eigenvalue weighted by atomic mass is 16.3. The zero-order valence-corrected chi connectivity index (χ0v) is 12.5. The molecule has 1 aliphatic heterocycles. The summed E-state index contributed by atoms with van der Waals surface area (Å²) in [6.07, 6.45) is 9.41. The van der Waals surface area contributed by atoms with E-state index in [0.29, 0.717) is 11.5 Å². The minimum Gasteiger partial charge on any atom is -0.388 e. The highest BCUT2D eigenvalue weighted by Crippen LogP contribution is 2.43. The van der Waals surface area contributed by atoms with E-state index in [1.165, 1.54) is 32.1 Å². The molecule has 1 atom stereocenters. The van der Waals surface area contributed by atoms with E-state index in [-0.39, 0.29) is 0 Å². The van der Waals surface area contributed by atoms with Crippen molar-refractivity contribution in [3.8, 4) is 0 Å². The zero-order chi connectivity index (χ0) is 13.2. The topological polar surface area (TPSA) is 32.3 Å². The summed E-state index contributed by atoms with van der Waals surface area (Å²) in [5.41, 5.74) is -0.0235. The van der Waals surface area contributed by atoms with Gasteiger partial charge < -0.3 is 10.4 Å². The van der Waals surface area contributed by atoms with E-state index in [9.17, 15) is 5.11 Å².